The van der Waals surface area contributed by atoms with Crippen LogP contribution in [0.3, 0.4) is 0 Å². The number of hydrogen-bond acceptors (Lipinski definition) is 3. The van der Waals surface area contributed by atoms with Crippen molar-refractivity contribution in [2.75, 3.05) is 0 Å². The van der Waals surface area contributed by atoms with Gasteiger partial charge in [-0.15, -0.1) is 0 Å². The van der Waals surface area contributed by atoms with Crippen LogP contribution in [0.5, 0.6) is 0 Å². The first kappa shape index (κ1) is 7.78. The van der Waals surface area contributed by atoms with Crippen molar-refractivity contribution in [1.29, 1.82) is 0 Å². The van der Waals surface area contributed by atoms with Crippen LogP contribution in [0.4, 0.5) is 0 Å². The molecule has 0 bridgehead atoms. The first-order chi connectivity index (χ1) is 5.20. The number of rotatable bonds is 3. The summed E-state index contributed by atoms with van der Waals surface area (Å²) in [4.78, 5) is 14.0. The number of hydrogen-bond donors (Lipinski definition) is 0. The summed E-state index contributed by atoms with van der Waals surface area (Å²) in [7, 11) is 0. The lowest BCUT2D eigenvalue weighted by Gasteiger charge is -2.04. The van der Waals surface area contributed by atoms with Crippen LogP contribution >= 0.6 is 0 Å². The van der Waals surface area contributed by atoms with E-state index in [2.05, 4.69) is 4.98 Å². The smallest absolute Gasteiger partial charge is 0.105 e. The van der Waals surface area contributed by atoms with Crippen molar-refractivity contribution in [3.8, 4) is 0 Å². The highest BCUT2D eigenvalue weighted by Crippen LogP contribution is 1.95. The third-order valence-corrected chi connectivity index (χ3v) is 1.48. The van der Waals surface area contributed by atoms with E-state index in [0.29, 0.717) is 6.54 Å². The molecule has 0 N–H and O–H groups in total. The van der Waals surface area contributed by atoms with Crippen LogP contribution in [-0.4, -0.2) is 15.5 Å². The fourth-order valence-electron chi connectivity index (χ4n) is 0.852. The van der Waals surface area contributed by atoms with Crippen molar-refractivity contribution in [2.45, 2.75) is 19.9 Å². The Hall–Kier alpha value is -1.32. The number of imidazole rings is 1. The van der Waals surface area contributed by atoms with Crippen LogP contribution in [0, 0.1) is 6.92 Å². The highest BCUT2D eigenvalue weighted by atomic mass is 16.4. The standard InChI is InChI=1S/C7H10N2O2/c1-6-8-3-5-9(6)4-2-7(10)11/h3,5H,2,4H2,1H3,(H,10,11)/p-1. The Morgan fingerprint density at radius 1 is 1.82 bits per heavy atom. The van der Waals surface area contributed by atoms with Gasteiger partial charge < -0.3 is 14.5 Å². The van der Waals surface area contributed by atoms with Crippen LogP contribution in [0.15, 0.2) is 12.4 Å². The van der Waals surface area contributed by atoms with Gasteiger partial charge in [-0.05, 0) is 6.92 Å². The summed E-state index contributed by atoms with van der Waals surface area (Å²) >= 11 is 0. The number of aromatic nitrogens is 2. The van der Waals surface area contributed by atoms with Crippen molar-refractivity contribution in [1.82, 2.24) is 9.55 Å². The van der Waals surface area contributed by atoms with E-state index in [9.17, 15) is 9.90 Å². The number of carboxylic acids is 1. The molecule has 0 aliphatic carbocycles. The summed E-state index contributed by atoms with van der Waals surface area (Å²) in [6.07, 6.45) is 3.43. The molecule has 4 nitrogen and oxygen atoms in total. The second-order valence-electron chi connectivity index (χ2n) is 2.29. The molecule has 0 saturated heterocycles. The van der Waals surface area contributed by atoms with Gasteiger partial charge in [-0.1, -0.05) is 0 Å². The molecule has 11 heavy (non-hydrogen) atoms. The monoisotopic (exact) mass is 153 g/mol. The van der Waals surface area contributed by atoms with Crippen molar-refractivity contribution < 1.29 is 9.90 Å². The van der Waals surface area contributed by atoms with Gasteiger partial charge in [0, 0.05) is 31.3 Å². The molecule has 0 saturated carbocycles. The molecular weight excluding hydrogens is 144 g/mol. The van der Waals surface area contributed by atoms with Crippen molar-refractivity contribution in [2.24, 2.45) is 0 Å². The molecule has 1 rings (SSSR count). The van der Waals surface area contributed by atoms with E-state index in [1.54, 1.807) is 17.0 Å². The molecular formula is C7H9N2O2-. The molecule has 0 spiro atoms. The average molecular weight is 153 g/mol. The maximum absolute atomic E-state index is 10.1. The maximum atomic E-state index is 10.1. The Balaban J connectivity index is 2.51. The molecule has 0 fully saturated rings. The number of aliphatic carboxylic acids is 1. The van der Waals surface area contributed by atoms with Crippen LogP contribution in [-0.2, 0) is 11.3 Å². The molecule has 0 amide bonds. The highest BCUT2D eigenvalue weighted by Gasteiger charge is 1.94. The first-order valence-electron chi connectivity index (χ1n) is 3.37. The van der Waals surface area contributed by atoms with Crippen LogP contribution in [0.1, 0.15) is 12.2 Å². The lowest BCUT2D eigenvalue weighted by atomic mass is 10.4. The summed E-state index contributed by atoms with van der Waals surface area (Å²) < 4.78 is 1.77. The van der Waals surface area contributed by atoms with Gasteiger partial charge in [0.25, 0.3) is 0 Å². The largest absolute Gasteiger partial charge is 0.550 e. The van der Waals surface area contributed by atoms with Gasteiger partial charge in [-0.25, -0.2) is 4.98 Å². The minimum absolute atomic E-state index is 0.0389. The summed E-state index contributed by atoms with van der Waals surface area (Å²) in [6.45, 7) is 2.27. The van der Waals surface area contributed by atoms with E-state index in [1.165, 1.54) is 0 Å². The summed E-state index contributed by atoms with van der Waals surface area (Å²) in [5.74, 6) is -0.204. The maximum Gasteiger partial charge on any atom is 0.105 e. The predicted octanol–water partition coefficient (Wildman–Crippen LogP) is -0.668. The summed E-state index contributed by atoms with van der Waals surface area (Å²) in [5.41, 5.74) is 0. The van der Waals surface area contributed by atoms with Gasteiger partial charge >= 0.3 is 0 Å². The minimum Gasteiger partial charge on any atom is -0.550 e. The molecule has 1 aromatic rings. The Morgan fingerprint density at radius 3 is 3.00 bits per heavy atom. The van der Waals surface area contributed by atoms with Gasteiger partial charge in [0.2, 0.25) is 0 Å². The quantitative estimate of drug-likeness (QED) is 0.578. The number of carboxylic acid groups (broad SMARTS) is 1. The second kappa shape index (κ2) is 3.18. The number of carbonyl (C=O) groups excluding carboxylic acids is 1. The molecule has 4 heteroatoms. The van der Waals surface area contributed by atoms with Crippen LogP contribution < -0.4 is 5.11 Å². The molecule has 0 atom stereocenters. The minimum atomic E-state index is -1.03. The lowest BCUT2D eigenvalue weighted by Crippen LogP contribution is -2.23. The Bertz CT molecular complexity index is 255. The lowest BCUT2D eigenvalue weighted by molar-refractivity contribution is -0.305. The van der Waals surface area contributed by atoms with E-state index in [0.717, 1.165) is 5.82 Å². The third-order valence-electron chi connectivity index (χ3n) is 1.48. The molecule has 0 aliphatic heterocycles. The number of carbonyl (C=O) groups is 1. The van der Waals surface area contributed by atoms with Crippen molar-refractivity contribution in [3.63, 3.8) is 0 Å². The molecule has 1 heterocycles. The topological polar surface area (TPSA) is 58.0 Å². The van der Waals surface area contributed by atoms with E-state index in [-0.39, 0.29) is 6.42 Å². The van der Waals surface area contributed by atoms with Gasteiger partial charge in [-0.2, -0.15) is 0 Å². The van der Waals surface area contributed by atoms with Crippen LogP contribution in [0.25, 0.3) is 0 Å². The Kier molecular flexibility index (Phi) is 2.25. The normalized spacial score (nSPS) is 9.91. The van der Waals surface area contributed by atoms with Crippen molar-refractivity contribution in [3.05, 3.63) is 18.2 Å². The van der Waals surface area contributed by atoms with E-state index in [1.807, 2.05) is 6.92 Å². The molecule has 1 aromatic heterocycles. The molecule has 0 unspecified atom stereocenters. The zero-order valence-electron chi connectivity index (χ0n) is 6.28. The fourth-order valence-corrected chi connectivity index (χ4v) is 0.852. The highest BCUT2D eigenvalue weighted by molar-refractivity contribution is 5.64. The summed E-state index contributed by atoms with van der Waals surface area (Å²) in [5, 5.41) is 10.1. The molecule has 0 radical (unpaired) electrons. The molecule has 60 valence electrons. The van der Waals surface area contributed by atoms with Gasteiger partial charge in [-0.3, -0.25) is 0 Å². The van der Waals surface area contributed by atoms with Gasteiger partial charge in [0.05, 0.1) is 0 Å². The van der Waals surface area contributed by atoms with Gasteiger partial charge in [0.1, 0.15) is 5.82 Å². The Morgan fingerprint density at radius 2 is 2.55 bits per heavy atom. The number of aryl methyl sites for hydroxylation is 2. The third kappa shape index (κ3) is 2.07. The fraction of sp³-hybridized carbons (Fsp3) is 0.429. The average Bonchev–Trinajstić information content (AvgIpc) is 2.31. The van der Waals surface area contributed by atoms with E-state index in [4.69, 9.17) is 0 Å². The zero-order chi connectivity index (χ0) is 8.27. The molecule has 0 aromatic carbocycles. The van der Waals surface area contributed by atoms with E-state index >= 15 is 0 Å². The zero-order valence-corrected chi connectivity index (χ0v) is 6.28. The van der Waals surface area contributed by atoms with E-state index < -0.39 is 5.97 Å². The summed E-state index contributed by atoms with van der Waals surface area (Å²) in [6, 6.07) is 0. The van der Waals surface area contributed by atoms with Crippen LogP contribution in [0.2, 0.25) is 0 Å². The van der Waals surface area contributed by atoms with Crippen molar-refractivity contribution >= 4 is 5.97 Å². The predicted molar refractivity (Wildman–Crippen MR) is 36.6 cm³/mol. The first-order valence-corrected chi connectivity index (χ1v) is 3.37. The molecule has 0 aliphatic rings. The van der Waals surface area contributed by atoms with Gasteiger partial charge in [0.15, 0.2) is 0 Å². The Labute approximate surface area is 64.5 Å². The second-order valence-corrected chi connectivity index (χ2v) is 2.29. The SMILES string of the molecule is Cc1nccn1CCC(=O)[O-]. The number of nitrogens with zero attached hydrogens (tertiary/aromatic N) is 2.